The second-order valence-electron chi connectivity index (χ2n) is 7.06. The predicted molar refractivity (Wildman–Crippen MR) is 106 cm³/mol. The van der Waals surface area contributed by atoms with E-state index in [1.807, 2.05) is 42.2 Å². The molecule has 136 valence electrons. The first-order valence-corrected chi connectivity index (χ1v) is 8.55. The van der Waals surface area contributed by atoms with E-state index in [0.29, 0.717) is 11.8 Å². The van der Waals surface area contributed by atoms with Gasteiger partial charge in [0.1, 0.15) is 0 Å². The Morgan fingerprint density at radius 2 is 1.96 bits per heavy atom. The molecule has 4 nitrogen and oxygen atoms in total. The van der Waals surface area contributed by atoms with Crippen molar-refractivity contribution in [1.82, 2.24) is 9.88 Å². The summed E-state index contributed by atoms with van der Waals surface area (Å²) in [5.74, 6) is 1.19. The average Bonchev–Trinajstić information content (AvgIpc) is 2.99. The highest BCUT2D eigenvalue weighted by atomic mass is 35.5. The zero-order chi connectivity index (χ0) is 16.0. The summed E-state index contributed by atoms with van der Waals surface area (Å²) in [6, 6.07) is 10.1. The van der Waals surface area contributed by atoms with Gasteiger partial charge in [-0.25, -0.2) is 0 Å². The van der Waals surface area contributed by atoms with Crippen LogP contribution in [0.5, 0.6) is 0 Å². The van der Waals surface area contributed by atoms with Crippen LogP contribution in [0.4, 0.5) is 0 Å². The molecule has 0 bridgehead atoms. The first kappa shape index (κ1) is 20.0. The lowest BCUT2D eigenvalue weighted by Gasteiger charge is -2.29. The number of pyridine rings is 1. The largest absolute Gasteiger partial charge is 0.338 e. The van der Waals surface area contributed by atoms with Crippen molar-refractivity contribution < 1.29 is 4.79 Å². The summed E-state index contributed by atoms with van der Waals surface area (Å²) >= 11 is 0. The number of amides is 1. The number of carbonyl (C=O) groups is 1. The fourth-order valence-electron chi connectivity index (χ4n) is 4.34. The van der Waals surface area contributed by atoms with Crippen molar-refractivity contribution in [1.29, 1.82) is 0 Å². The van der Waals surface area contributed by atoms with Crippen LogP contribution in [0, 0.1) is 18.8 Å². The highest BCUT2D eigenvalue weighted by Crippen LogP contribution is 2.36. The van der Waals surface area contributed by atoms with E-state index in [1.54, 1.807) is 0 Å². The minimum atomic E-state index is 0. The van der Waals surface area contributed by atoms with Gasteiger partial charge in [-0.2, -0.15) is 0 Å². The lowest BCUT2D eigenvalue weighted by Crippen LogP contribution is -2.38. The second-order valence-corrected chi connectivity index (χ2v) is 7.06. The molecule has 1 saturated carbocycles. The van der Waals surface area contributed by atoms with E-state index in [4.69, 9.17) is 5.73 Å². The van der Waals surface area contributed by atoms with Gasteiger partial charge in [-0.1, -0.05) is 24.6 Å². The Morgan fingerprint density at radius 1 is 1.20 bits per heavy atom. The Labute approximate surface area is 161 Å². The van der Waals surface area contributed by atoms with Crippen molar-refractivity contribution in [2.45, 2.75) is 32.2 Å². The summed E-state index contributed by atoms with van der Waals surface area (Å²) in [5.41, 5.74) is 8.85. The van der Waals surface area contributed by atoms with E-state index >= 15 is 0 Å². The van der Waals surface area contributed by atoms with Gasteiger partial charge < -0.3 is 10.6 Å². The molecule has 1 aromatic heterocycles. The van der Waals surface area contributed by atoms with Crippen molar-refractivity contribution in [3.8, 4) is 0 Å². The molecular weight excluding hydrogens is 357 g/mol. The standard InChI is InChI=1S/C19H23N3O.2ClH/c1-12-9-15(14-6-2-3-8-18(14)21-12)19(23)22-10-13-5-4-7-17(20)16(13)11-22;;/h2-3,6,8-9,13,16-17H,4-5,7,10-11,20H2,1H3;2*1H. The molecule has 2 heterocycles. The van der Waals surface area contributed by atoms with Crippen molar-refractivity contribution in [2.75, 3.05) is 13.1 Å². The van der Waals surface area contributed by atoms with E-state index in [0.717, 1.165) is 41.7 Å². The summed E-state index contributed by atoms with van der Waals surface area (Å²) in [7, 11) is 0. The van der Waals surface area contributed by atoms with Gasteiger partial charge in [-0.3, -0.25) is 9.78 Å². The van der Waals surface area contributed by atoms with Crippen LogP contribution in [-0.2, 0) is 0 Å². The number of para-hydroxylation sites is 1. The van der Waals surface area contributed by atoms with Gasteiger partial charge in [0.15, 0.2) is 0 Å². The SMILES string of the molecule is Cc1cc(C(=O)N2CC3CCCC(N)C3C2)c2ccccc2n1.Cl.Cl. The minimum Gasteiger partial charge on any atom is -0.338 e. The molecule has 1 aromatic carbocycles. The van der Waals surface area contributed by atoms with Gasteiger partial charge in [0.05, 0.1) is 11.1 Å². The van der Waals surface area contributed by atoms with Crippen LogP contribution in [0.25, 0.3) is 10.9 Å². The van der Waals surface area contributed by atoms with Gasteiger partial charge >= 0.3 is 0 Å². The molecule has 2 N–H and O–H groups in total. The number of hydrogen-bond acceptors (Lipinski definition) is 3. The summed E-state index contributed by atoms with van der Waals surface area (Å²) in [4.78, 5) is 19.7. The van der Waals surface area contributed by atoms with Crippen LogP contribution in [0.3, 0.4) is 0 Å². The van der Waals surface area contributed by atoms with Crippen molar-refractivity contribution in [2.24, 2.45) is 17.6 Å². The summed E-state index contributed by atoms with van der Waals surface area (Å²) in [6.45, 7) is 3.61. The zero-order valence-electron chi connectivity index (χ0n) is 14.4. The highest BCUT2D eigenvalue weighted by molar-refractivity contribution is 6.06. The quantitative estimate of drug-likeness (QED) is 0.820. The van der Waals surface area contributed by atoms with Crippen molar-refractivity contribution in [3.05, 3.63) is 41.6 Å². The van der Waals surface area contributed by atoms with Crippen molar-refractivity contribution in [3.63, 3.8) is 0 Å². The molecule has 3 unspecified atom stereocenters. The molecule has 25 heavy (non-hydrogen) atoms. The third-order valence-corrected chi connectivity index (χ3v) is 5.52. The van der Waals surface area contributed by atoms with Crippen LogP contribution >= 0.6 is 24.8 Å². The molecule has 4 rings (SSSR count). The molecule has 1 aliphatic carbocycles. The molecule has 1 amide bonds. The summed E-state index contributed by atoms with van der Waals surface area (Å²) < 4.78 is 0. The Morgan fingerprint density at radius 3 is 2.72 bits per heavy atom. The molecule has 2 aliphatic rings. The number of likely N-dealkylation sites (tertiary alicyclic amines) is 1. The lowest BCUT2D eigenvalue weighted by atomic mass is 9.78. The monoisotopic (exact) mass is 381 g/mol. The van der Waals surface area contributed by atoms with Gasteiger partial charge in [-0.15, -0.1) is 24.8 Å². The molecule has 2 aromatic rings. The fourth-order valence-corrected chi connectivity index (χ4v) is 4.34. The molecule has 1 aliphatic heterocycles. The number of fused-ring (bicyclic) bond motifs is 2. The summed E-state index contributed by atoms with van der Waals surface area (Å²) in [5, 5.41) is 0.947. The van der Waals surface area contributed by atoms with Gasteiger partial charge in [0.2, 0.25) is 0 Å². The number of halogens is 2. The van der Waals surface area contributed by atoms with Crippen LogP contribution in [-0.4, -0.2) is 34.9 Å². The average molecular weight is 382 g/mol. The Bertz CT molecular complexity index is 767. The molecule has 1 saturated heterocycles. The maximum Gasteiger partial charge on any atom is 0.254 e. The molecule has 2 fully saturated rings. The smallest absolute Gasteiger partial charge is 0.254 e. The lowest BCUT2D eigenvalue weighted by molar-refractivity contribution is 0.0785. The topological polar surface area (TPSA) is 59.2 Å². The van der Waals surface area contributed by atoms with Gasteiger partial charge in [-0.05, 0) is 43.7 Å². The van der Waals surface area contributed by atoms with Crippen LogP contribution in [0.15, 0.2) is 30.3 Å². The van der Waals surface area contributed by atoms with E-state index < -0.39 is 0 Å². The second kappa shape index (κ2) is 7.90. The Balaban J connectivity index is 0.00000113. The third kappa shape index (κ3) is 3.62. The number of nitrogens with zero attached hydrogens (tertiary/aromatic N) is 2. The van der Waals surface area contributed by atoms with E-state index in [-0.39, 0.29) is 36.8 Å². The van der Waals surface area contributed by atoms with E-state index in [1.165, 1.54) is 12.8 Å². The number of aryl methyl sites for hydroxylation is 1. The van der Waals surface area contributed by atoms with Crippen LogP contribution in [0.2, 0.25) is 0 Å². The predicted octanol–water partition coefficient (Wildman–Crippen LogP) is 3.59. The molecular formula is C19H25Cl2N3O. The third-order valence-electron chi connectivity index (χ3n) is 5.52. The number of benzene rings is 1. The Hall–Kier alpha value is -1.36. The van der Waals surface area contributed by atoms with E-state index in [9.17, 15) is 4.79 Å². The number of nitrogens with two attached hydrogens (primary N) is 1. The van der Waals surface area contributed by atoms with E-state index in [2.05, 4.69) is 4.98 Å². The molecule has 6 heteroatoms. The fraction of sp³-hybridized carbons (Fsp3) is 0.474. The number of rotatable bonds is 1. The zero-order valence-corrected chi connectivity index (χ0v) is 16.0. The van der Waals surface area contributed by atoms with Gasteiger partial charge in [0.25, 0.3) is 5.91 Å². The maximum atomic E-state index is 13.1. The van der Waals surface area contributed by atoms with Gasteiger partial charge in [0, 0.05) is 30.2 Å². The highest BCUT2D eigenvalue weighted by Gasteiger charge is 2.40. The van der Waals surface area contributed by atoms with Crippen molar-refractivity contribution >= 4 is 41.6 Å². The first-order chi connectivity index (χ1) is 11.1. The normalized spacial score (nSPS) is 25.0. The number of aromatic nitrogens is 1. The molecule has 3 atom stereocenters. The van der Waals surface area contributed by atoms with Crippen LogP contribution < -0.4 is 5.73 Å². The molecule has 0 radical (unpaired) electrons. The summed E-state index contributed by atoms with van der Waals surface area (Å²) in [6.07, 6.45) is 3.50. The molecule has 0 spiro atoms. The van der Waals surface area contributed by atoms with Crippen LogP contribution in [0.1, 0.15) is 35.3 Å². The Kier molecular flexibility index (Phi) is 6.30. The number of hydrogen-bond donors (Lipinski definition) is 1. The number of carbonyl (C=O) groups excluding carboxylic acids is 1. The first-order valence-electron chi connectivity index (χ1n) is 8.55. The minimum absolute atomic E-state index is 0. The maximum absolute atomic E-state index is 13.1.